The fourth-order valence-electron chi connectivity index (χ4n) is 1.97. The largest absolute Gasteiger partial charge is 0.396 e. The minimum Gasteiger partial charge on any atom is -0.396 e. The standard InChI is InChI=1S/C10H13Cl2NO3S2/c11-9-5-8(10(12)17-9)18(15,16)13-3-1-7(6-14)2-4-13/h5,7,14H,1-4,6H2. The second kappa shape index (κ2) is 5.64. The van der Waals surface area contributed by atoms with Crippen molar-refractivity contribution in [2.24, 2.45) is 5.92 Å². The summed E-state index contributed by atoms with van der Waals surface area (Å²) in [5.41, 5.74) is 0. The molecular weight excluding hydrogens is 317 g/mol. The molecule has 8 heteroatoms. The van der Waals surface area contributed by atoms with Gasteiger partial charge in [-0.15, -0.1) is 11.3 Å². The van der Waals surface area contributed by atoms with Crippen LogP contribution in [0.4, 0.5) is 0 Å². The number of hydrogen-bond donors (Lipinski definition) is 1. The van der Waals surface area contributed by atoms with Crippen LogP contribution in [-0.2, 0) is 10.0 Å². The average Bonchev–Trinajstić information content (AvgIpc) is 2.69. The molecule has 1 aromatic rings. The Hall–Kier alpha value is 0.150. The first-order valence-electron chi connectivity index (χ1n) is 5.51. The van der Waals surface area contributed by atoms with Gasteiger partial charge >= 0.3 is 0 Å². The van der Waals surface area contributed by atoms with Gasteiger partial charge in [0.05, 0.1) is 4.34 Å². The maximum atomic E-state index is 12.3. The predicted octanol–water partition coefficient (Wildman–Crippen LogP) is 2.45. The number of hydrogen-bond acceptors (Lipinski definition) is 4. The number of sulfonamides is 1. The molecule has 0 bridgehead atoms. The zero-order valence-electron chi connectivity index (χ0n) is 9.47. The van der Waals surface area contributed by atoms with E-state index in [1.165, 1.54) is 10.4 Å². The molecule has 0 spiro atoms. The topological polar surface area (TPSA) is 57.6 Å². The molecule has 102 valence electrons. The summed E-state index contributed by atoms with van der Waals surface area (Å²) in [6.45, 7) is 0.938. The van der Waals surface area contributed by atoms with Gasteiger partial charge in [0.2, 0.25) is 10.0 Å². The van der Waals surface area contributed by atoms with Crippen LogP contribution >= 0.6 is 34.5 Å². The molecule has 2 heterocycles. The molecule has 0 radical (unpaired) electrons. The molecule has 4 nitrogen and oxygen atoms in total. The SMILES string of the molecule is O=S(=O)(c1cc(Cl)sc1Cl)N1CCC(CO)CC1. The smallest absolute Gasteiger partial charge is 0.245 e. The van der Waals surface area contributed by atoms with Crippen LogP contribution in [0.5, 0.6) is 0 Å². The van der Waals surface area contributed by atoms with Crippen LogP contribution in [0.1, 0.15) is 12.8 Å². The van der Waals surface area contributed by atoms with Crippen LogP contribution in [0.3, 0.4) is 0 Å². The number of thiophene rings is 1. The minimum atomic E-state index is -3.56. The molecule has 0 aromatic carbocycles. The monoisotopic (exact) mass is 329 g/mol. The lowest BCUT2D eigenvalue weighted by Gasteiger charge is -2.30. The van der Waals surface area contributed by atoms with Crippen molar-refractivity contribution in [1.29, 1.82) is 0 Å². The Morgan fingerprint density at radius 3 is 2.44 bits per heavy atom. The van der Waals surface area contributed by atoms with Crippen LogP contribution in [-0.4, -0.2) is 37.5 Å². The Bertz CT molecular complexity index is 521. The average molecular weight is 330 g/mol. The van der Waals surface area contributed by atoms with Crippen LogP contribution < -0.4 is 0 Å². The summed E-state index contributed by atoms with van der Waals surface area (Å²) in [5, 5.41) is 9.04. The van der Waals surface area contributed by atoms with Crippen molar-refractivity contribution in [1.82, 2.24) is 4.31 Å². The van der Waals surface area contributed by atoms with Crippen LogP contribution in [0.2, 0.25) is 8.67 Å². The Kier molecular flexibility index (Phi) is 4.57. The Balaban J connectivity index is 2.20. The number of aliphatic hydroxyl groups excluding tert-OH is 1. The van der Waals surface area contributed by atoms with Gasteiger partial charge in [-0.2, -0.15) is 4.31 Å². The lowest BCUT2D eigenvalue weighted by atomic mass is 10.00. The molecule has 18 heavy (non-hydrogen) atoms. The van der Waals surface area contributed by atoms with E-state index in [-0.39, 0.29) is 21.8 Å². The third kappa shape index (κ3) is 2.84. The number of rotatable bonds is 3. The van der Waals surface area contributed by atoms with Gasteiger partial charge in [-0.3, -0.25) is 0 Å². The predicted molar refractivity (Wildman–Crippen MR) is 72.9 cm³/mol. The van der Waals surface area contributed by atoms with Crippen molar-refractivity contribution in [3.05, 3.63) is 14.7 Å². The molecule has 1 fully saturated rings. The van der Waals surface area contributed by atoms with Gasteiger partial charge in [-0.05, 0) is 24.8 Å². The number of piperidine rings is 1. The third-order valence-electron chi connectivity index (χ3n) is 3.07. The van der Waals surface area contributed by atoms with Gasteiger partial charge in [0, 0.05) is 19.7 Å². The second-order valence-corrected chi connectivity index (χ2v) is 8.41. The van der Waals surface area contributed by atoms with E-state index in [4.69, 9.17) is 28.3 Å². The van der Waals surface area contributed by atoms with Crippen molar-refractivity contribution in [2.75, 3.05) is 19.7 Å². The van der Waals surface area contributed by atoms with Crippen molar-refractivity contribution >= 4 is 44.6 Å². The van der Waals surface area contributed by atoms with Crippen LogP contribution in [0.15, 0.2) is 11.0 Å². The number of aliphatic hydroxyl groups is 1. The molecule has 1 saturated heterocycles. The number of nitrogens with zero attached hydrogens (tertiary/aromatic N) is 1. The highest BCUT2D eigenvalue weighted by Crippen LogP contribution is 2.36. The molecule has 0 atom stereocenters. The molecule has 1 N–H and O–H groups in total. The highest BCUT2D eigenvalue weighted by Gasteiger charge is 2.31. The van der Waals surface area contributed by atoms with E-state index >= 15 is 0 Å². The van der Waals surface area contributed by atoms with E-state index < -0.39 is 10.0 Å². The van der Waals surface area contributed by atoms with E-state index in [0.717, 1.165) is 11.3 Å². The first kappa shape index (κ1) is 14.6. The molecule has 1 aromatic heterocycles. The summed E-state index contributed by atoms with van der Waals surface area (Å²) < 4.78 is 26.7. The second-order valence-electron chi connectivity index (χ2n) is 4.22. The van der Waals surface area contributed by atoms with Gasteiger partial charge in [0.15, 0.2) is 0 Å². The summed E-state index contributed by atoms with van der Waals surface area (Å²) in [4.78, 5) is 0.0848. The molecule has 0 saturated carbocycles. The molecule has 0 unspecified atom stereocenters. The van der Waals surface area contributed by atoms with Crippen molar-refractivity contribution < 1.29 is 13.5 Å². The molecule has 0 amide bonds. The summed E-state index contributed by atoms with van der Waals surface area (Å²) >= 11 is 12.7. The summed E-state index contributed by atoms with van der Waals surface area (Å²) in [6, 6.07) is 1.39. The summed E-state index contributed by atoms with van der Waals surface area (Å²) in [5.74, 6) is 0.193. The molecule has 1 aliphatic rings. The zero-order chi connectivity index (χ0) is 13.3. The molecule has 1 aliphatic heterocycles. The van der Waals surface area contributed by atoms with Crippen LogP contribution in [0, 0.1) is 5.92 Å². The maximum Gasteiger partial charge on any atom is 0.245 e. The fraction of sp³-hybridized carbons (Fsp3) is 0.600. The van der Waals surface area contributed by atoms with E-state index in [1.54, 1.807) is 0 Å². The van der Waals surface area contributed by atoms with E-state index in [0.29, 0.717) is 30.3 Å². The highest BCUT2D eigenvalue weighted by molar-refractivity contribution is 7.89. The van der Waals surface area contributed by atoms with Crippen molar-refractivity contribution in [2.45, 2.75) is 17.7 Å². The van der Waals surface area contributed by atoms with E-state index in [1.807, 2.05) is 0 Å². The van der Waals surface area contributed by atoms with Crippen LogP contribution in [0.25, 0.3) is 0 Å². The third-order valence-corrected chi connectivity index (χ3v) is 6.73. The lowest BCUT2D eigenvalue weighted by Crippen LogP contribution is -2.39. The van der Waals surface area contributed by atoms with Gasteiger partial charge in [-0.1, -0.05) is 23.2 Å². The molecule has 0 aliphatic carbocycles. The first-order chi connectivity index (χ1) is 8.45. The molecular formula is C10H13Cl2NO3S2. The zero-order valence-corrected chi connectivity index (χ0v) is 12.6. The fourth-order valence-corrected chi connectivity index (χ4v) is 5.55. The highest BCUT2D eigenvalue weighted by atomic mass is 35.5. The molecule has 2 rings (SSSR count). The van der Waals surface area contributed by atoms with Crippen molar-refractivity contribution in [3.63, 3.8) is 0 Å². The normalized spacial score (nSPS) is 19.3. The van der Waals surface area contributed by atoms with Crippen molar-refractivity contribution in [3.8, 4) is 0 Å². The maximum absolute atomic E-state index is 12.3. The Labute approximate surface area is 120 Å². The number of halogens is 2. The summed E-state index contributed by atoms with van der Waals surface area (Å²) in [6.07, 6.45) is 1.34. The van der Waals surface area contributed by atoms with Gasteiger partial charge in [0.25, 0.3) is 0 Å². The van der Waals surface area contributed by atoms with Gasteiger partial charge in [0.1, 0.15) is 9.23 Å². The Morgan fingerprint density at radius 1 is 1.39 bits per heavy atom. The van der Waals surface area contributed by atoms with E-state index in [2.05, 4.69) is 0 Å². The lowest BCUT2D eigenvalue weighted by molar-refractivity contribution is 0.170. The first-order valence-corrected chi connectivity index (χ1v) is 8.52. The quantitative estimate of drug-likeness (QED) is 0.926. The van der Waals surface area contributed by atoms with E-state index in [9.17, 15) is 8.42 Å². The van der Waals surface area contributed by atoms with Gasteiger partial charge < -0.3 is 5.11 Å². The minimum absolute atomic E-state index is 0.0848. The summed E-state index contributed by atoms with van der Waals surface area (Å²) in [7, 11) is -3.56. The van der Waals surface area contributed by atoms with Gasteiger partial charge in [-0.25, -0.2) is 8.42 Å². The Morgan fingerprint density at radius 2 is 2.00 bits per heavy atom.